The van der Waals surface area contributed by atoms with Gasteiger partial charge in [-0.05, 0) is 32.7 Å². The quantitative estimate of drug-likeness (QED) is 0.774. The third kappa shape index (κ3) is 2.82. The van der Waals surface area contributed by atoms with Crippen molar-refractivity contribution in [1.29, 1.82) is 0 Å². The summed E-state index contributed by atoms with van der Waals surface area (Å²) in [6, 6.07) is 0. The molecule has 2 N–H and O–H groups in total. The molecular formula is C11H19N5O. The second-order valence-corrected chi connectivity index (χ2v) is 4.73. The fourth-order valence-corrected chi connectivity index (χ4v) is 2.07. The summed E-state index contributed by atoms with van der Waals surface area (Å²) in [7, 11) is 1.81. The summed E-state index contributed by atoms with van der Waals surface area (Å²) in [4.78, 5) is 16.1. The van der Waals surface area contributed by atoms with Gasteiger partial charge in [-0.25, -0.2) is 4.98 Å². The molecule has 2 rings (SSSR count). The minimum atomic E-state index is -0.437. The molecule has 0 bridgehead atoms. The molecule has 1 aromatic heterocycles. The van der Waals surface area contributed by atoms with Crippen molar-refractivity contribution >= 4 is 5.91 Å². The Labute approximate surface area is 101 Å². The van der Waals surface area contributed by atoms with Crippen LogP contribution in [-0.2, 0) is 18.4 Å². The summed E-state index contributed by atoms with van der Waals surface area (Å²) in [6.07, 6.45) is 4.75. The molecule has 0 saturated carbocycles. The molecule has 1 aliphatic heterocycles. The smallest absolute Gasteiger partial charge is 0.240 e. The number of carbonyl (C=O) groups excluding carboxylic acids is 1. The van der Waals surface area contributed by atoms with Crippen LogP contribution < -0.4 is 10.6 Å². The number of hydrogen-bond donors (Lipinski definition) is 2. The van der Waals surface area contributed by atoms with Crippen molar-refractivity contribution in [2.45, 2.75) is 38.3 Å². The third-order valence-electron chi connectivity index (χ3n) is 3.17. The highest BCUT2D eigenvalue weighted by Crippen LogP contribution is 2.18. The monoisotopic (exact) mass is 237 g/mol. The Morgan fingerprint density at radius 1 is 1.65 bits per heavy atom. The summed E-state index contributed by atoms with van der Waals surface area (Å²) in [5.41, 5.74) is -0.437. The lowest BCUT2D eigenvalue weighted by atomic mass is 9.90. The van der Waals surface area contributed by atoms with Gasteiger partial charge in [0, 0.05) is 7.05 Å². The van der Waals surface area contributed by atoms with Crippen molar-refractivity contribution in [2.24, 2.45) is 7.05 Å². The maximum Gasteiger partial charge on any atom is 0.240 e. The minimum absolute atomic E-state index is 0.0321. The lowest BCUT2D eigenvalue weighted by Crippen LogP contribution is -2.56. The van der Waals surface area contributed by atoms with Crippen LogP contribution in [0.4, 0.5) is 0 Å². The van der Waals surface area contributed by atoms with Gasteiger partial charge in [0.2, 0.25) is 5.91 Å². The SMILES string of the molecule is Cn1cnc(CNC(=O)C2(C)CCCCN2)n1. The molecule has 0 spiro atoms. The molecule has 94 valence electrons. The summed E-state index contributed by atoms with van der Waals surface area (Å²) >= 11 is 0. The van der Waals surface area contributed by atoms with Gasteiger partial charge < -0.3 is 10.6 Å². The Hall–Kier alpha value is -1.43. The van der Waals surface area contributed by atoms with Gasteiger partial charge in [0.15, 0.2) is 5.82 Å². The van der Waals surface area contributed by atoms with Crippen LogP contribution in [0, 0.1) is 0 Å². The summed E-state index contributed by atoms with van der Waals surface area (Å²) in [6.45, 7) is 3.25. The standard InChI is InChI=1S/C11H19N5O/c1-11(5-3-4-6-14-11)10(17)12-7-9-13-8-16(2)15-9/h8,14H,3-7H2,1-2H3,(H,12,17). The van der Waals surface area contributed by atoms with Crippen LogP contribution >= 0.6 is 0 Å². The molecule has 1 amide bonds. The van der Waals surface area contributed by atoms with E-state index in [0.717, 1.165) is 25.8 Å². The predicted molar refractivity (Wildman–Crippen MR) is 63.1 cm³/mol. The number of piperidine rings is 1. The Morgan fingerprint density at radius 3 is 3.06 bits per heavy atom. The van der Waals surface area contributed by atoms with Crippen LogP contribution in [0.1, 0.15) is 32.0 Å². The molecule has 6 heteroatoms. The van der Waals surface area contributed by atoms with Gasteiger partial charge in [-0.15, -0.1) is 0 Å². The zero-order valence-electron chi connectivity index (χ0n) is 10.4. The van der Waals surface area contributed by atoms with Gasteiger partial charge in [0.25, 0.3) is 0 Å². The number of hydrogen-bond acceptors (Lipinski definition) is 4. The van der Waals surface area contributed by atoms with E-state index in [2.05, 4.69) is 20.7 Å². The fraction of sp³-hybridized carbons (Fsp3) is 0.727. The van der Waals surface area contributed by atoms with Crippen molar-refractivity contribution in [3.05, 3.63) is 12.2 Å². The number of amides is 1. The normalized spacial score (nSPS) is 24.6. The van der Waals surface area contributed by atoms with Gasteiger partial charge in [0.05, 0.1) is 12.1 Å². The highest BCUT2D eigenvalue weighted by Gasteiger charge is 2.33. The molecule has 1 atom stereocenters. The number of aryl methyl sites for hydroxylation is 1. The van der Waals surface area contributed by atoms with E-state index in [4.69, 9.17) is 0 Å². The predicted octanol–water partition coefficient (Wildman–Crippen LogP) is -0.0365. The minimum Gasteiger partial charge on any atom is -0.347 e. The fourth-order valence-electron chi connectivity index (χ4n) is 2.07. The molecule has 0 radical (unpaired) electrons. The first kappa shape index (κ1) is 12.0. The molecule has 0 aliphatic carbocycles. The third-order valence-corrected chi connectivity index (χ3v) is 3.17. The van der Waals surface area contributed by atoms with E-state index < -0.39 is 5.54 Å². The average Bonchev–Trinajstić information content (AvgIpc) is 2.73. The van der Waals surface area contributed by atoms with E-state index in [0.29, 0.717) is 12.4 Å². The molecule has 1 unspecified atom stereocenters. The average molecular weight is 237 g/mol. The number of nitrogens with zero attached hydrogens (tertiary/aromatic N) is 3. The van der Waals surface area contributed by atoms with Crippen LogP contribution in [0.3, 0.4) is 0 Å². The maximum absolute atomic E-state index is 12.1. The van der Waals surface area contributed by atoms with Crippen molar-refractivity contribution in [3.63, 3.8) is 0 Å². The van der Waals surface area contributed by atoms with Gasteiger partial charge in [-0.2, -0.15) is 5.10 Å². The first-order chi connectivity index (χ1) is 8.10. The van der Waals surface area contributed by atoms with E-state index in [-0.39, 0.29) is 5.91 Å². The topological polar surface area (TPSA) is 71.8 Å². The lowest BCUT2D eigenvalue weighted by Gasteiger charge is -2.33. The van der Waals surface area contributed by atoms with Gasteiger partial charge in [-0.3, -0.25) is 9.48 Å². The number of nitrogens with one attached hydrogen (secondary N) is 2. The number of aromatic nitrogens is 3. The Kier molecular flexibility index (Phi) is 3.42. The first-order valence-electron chi connectivity index (χ1n) is 5.98. The Bertz CT molecular complexity index is 394. The van der Waals surface area contributed by atoms with Crippen molar-refractivity contribution in [3.8, 4) is 0 Å². The zero-order chi connectivity index (χ0) is 12.3. The first-order valence-corrected chi connectivity index (χ1v) is 5.98. The highest BCUT2D eigenvalue weighted by atomic mass is 16.2. The molecule has 6 nitrogen and oxygen atoms in total. The van der Waals surface area contributed by atoms with Crippen molar-refractivity contribution in [2.75, 3.05) is 6.54 Å². The summed E-state index contributed by atoms with van der Waals surface area (Å²) < 4.78 is 1.63. The molecular weight excluding hydrogens is 218 g/mol. The van der Waals surface area contributed by atoms with E-state index in [9.17, 15) is 4.79 Å². The van der Waals surface area contributed by atoms with E-state index in [1.807, 2.05) is 14.0 Å². The van der Waals surface area contributed by atoms with Crippen LogP contribution in [0.15, 0.2) is 6.33 Å². The molecule has 1 fully saturated rings. The molecule has 2 heterocycles. The Balaban J connectivity index is 1.88. The molecule has 17 heavy (non-hydrogen) atoms. The van der Waals surface area contributed by atoms with Crippen LogP contribution in [0.2, 0.25) is 0 Å². The summed E-state index contributed by atoms with van der Waals surface area (Å²) in [5, 5.41) is 10.3. The zero-order valence-corrected chi connectivity index (χ0v) is 10.4. The highest BCUT2D eigenvalue weighted by molar-refractivity contribution is 5.85. The van der Waals surface area contributed by atoms with Crippen LogP contribution in [0.25, 0.3) is 0 Å². The van der Waals surface area contributed by atoms with Crippen molar-refractivity contribution in [1.82, 2.24) is 25.4 Å². The number of rotatable bonds is 3. The lowest BCUT2D eigenvalue weighted by molar-refractivity contribution is -0.128. The van der Waals surface area contributed by atoms with Crippen LogP contribution in [0.5, 0.6) is 0 Å². The molecule has 0 aromatic carbocycles. The number of carbonyl (C=O) groups is 1. The second kappa shape index (κ2) is 4.83. The van der Waals surface area contributed by atoms with Crippen LogP contribution in [-0.4, -0.2) is 32.8 Å². The van der Waals surface area contributed by atoms with E-state index >= 15 is 0 Å². The summed E-state index contributed by atoms with van der Waals surface area (Å²) in [5.74, 6) is 0.671. The molecule has 1 aliphatic rings. The molecule has 1 saturated heterocycles. The van der Waals surface area contributed by atoms with E-state index in [1.165, 1.54) is 0 Å². The largest absolute Gasteiger partial charge is 0.347 e. The van der Waals surface area contributed by atoms with Crippen molar-refractivity contribution < 1.29 is 4.79 Å². The molecule has 1 aromatic rings. The van der Waals surface area contributed by atoms with Gasteiger partial charge in [0.1, 0.15) is 6.33 Å². The Morgan fingerprint density at radius 2 is 2.47 bits per heavy atom. The van der Waals surface area contributed by atoms with Gasteiger partial charge >= 0.3 is 0 Å². The maximum atomic E-state index is 12.1. The van der Waals surface area contributed by atoms with E-state index in [1.54, 1.807) is 11.0 Å². The second-order valence-electron chi connectivity index (χ2n) is 4.73. The van der Waals surface area contributed by atoms with Gasteiger partial charge in [-0.1, -0.05) is 0 Å².